The Morgan fingerprint density at radius 1 is 1.33 bits per heavy atom. The fourth-order valence-corrected chi connectivity index (χ4v) is 2.88. The molecule has 0 amide bonds. The van der Waals surface area contributed by atoms with E-state index in [4.69, 9.17) is 0 Å². The minimum Gasteiger partial charge on any atom is -0.370 e. The van der Waals surface area contributed by atoms with E-state index in [-0.39, 0.29) is 0 Å². The summed E-state index contributed by atoms with van der Waals surface area (Å²) in [4.78, 5) is 2.56. The highest BCUT2D eigenvalue weighted by atomic mass is 15.2. The van der Waals surface area contributed by atoms with Crippen LogP contribution in [0.2, 0.25) is 0 Å². The SMILES string of the molecule is CCC(C)C(CN1CCCc2ccccc21)NC. The minimum atomic E-state index is 0.584. The van der Waals surface area contributed by atoms with Crippen LogP contribution in [0.15, 0.2) is 24.3 Å². The van der Waals surface area contributed by atoms with Gasteiger partial charge in [0.1, 0.15) is 0 Å². The number of benzene rings is 1. The molecule has 1 aliphatic heterocycles. The van der Waals surface area contributed by atoms with Gasteiger partial charge in [-0.2, -0.15) is 0 Å². The molecule has 2 heteroatoms. The van der Waals surface area contributed by atoms with Gasteiger partial charge in [-0.15, -0.1) is 0 Å². The summed E-state index contributed by atoms with van der Waals surface area (Å²) >= 11 is 0. The average molecular weight is 246 g/mol. The number of para-hydroxylation sites is 1. The second kappa shape index (κ2) is 6.24. The second-order valence-electron chi connectivity index (χ2n) is 5.46. The highest BCUT2D eigenvalue weighted by Crippen LogP contribution is 2.27. The van der Waals surface area contributed by atoms with E-state index in [1.165, 1.54) is 37.1 Å². The van der Waals surface area contributed by atoms with Gasteiger partial charge in [0.15, 0.2) is 0 Å². The van der Waals surface area contributed by atoms with Crippen molar-refractivity contribution in [2.45, 2.75) is 39.2 Å². The molecule has 0 aromatic heterocycles. The predicted octanol–water partition coefficient (Wildman–Crippen LogP) is 3.07. The van der Waals surface area contributed by atoms with E-state index in [2.05, 4.69) is 55.4 Å². The molecule has 0 bridgehead atoms. The summed E-state index contributed by atoms with van der Waals surface area (Å²) in [5.74, 6) is 0.726. The summed E-state index contributed by atoms with van der Waals surface area (Å²) < 4.78 is 0. The Labute approximate surface area is 111 Å². The fourth-order valence-electron chi connectivity index (χ4n) is 2.88. The molecule has 2 nitrogen and oxygen atoms in total. The largest absolute Gasteiger partial charge is 0.370 e. The monoisotopic (exact) mass is 246 g/mol. The number of fused-ring (bicyclic) bond motifs is 1. The average Bonchev–Trinajstić information content (AvgIpc) is 2.44. The second-order valence-corrected chi connectivity index (χ2v) is 5.46. The first-order valence-electron chi connectivity index (χ1n) is 7.26. The van der Waals surface area contributed by atoms with E-state index in [1.54, 1.807) is 0 Å². The van der Waals surface area contributed by atoms with Crippen LogP contribution in [0.5, 0.6) is 0 Å². The minimum absolute atomic E-state index is 0.584. The van der Waals surface area contributed by atoms with Crippen molar-refractivity contribution in [3.8, 4) is 0 Å². The van der Waals surface area contributed by atoms with Crippen molar-refractivity contribution in [1.82, 2.24) is 5.32 Å². The van der Waals surface area contributed by atoms with Crippen molar-refractivity contribution in [2.24, 2.45) is 5.92 Å². The van der Waals surface area contributed by atoms with Gasteiger partial charge in [-0.1, -0.05) is 38.5 Å². The van der Waals surface area contributed by atoms with Crippen molar-refractivity contribution in [2.75, 3.05) is 25.0 Å². The van der Waals surface area contributed by atoms with Crippen LogP contribution in [0, 0.1) is 5.92 Å². The van der Waals surface area contributed by atoms with E-state index < -0.39 is 0 Å². The third kappa shape index (κ3) is 2.86. The molecular weight excluding hydrogens is 220 g/mol. The lowest BCUT2D eigenvalue weighted by atomic mass is 9.96. The van der Waals surface area contributed by atoms with Gasteiger partial charge in [0.2, 0.25) is 0 Å². The van der Waals surface area contributed by atoms with E-state index in [0.29, 0.717) is 6.04 Å². The Morgan fingerprint density at radius 3 is 2.83 bits per heavy atom. The van der Waals surface area contributed by atoms with E-state index in [0.717, 1.165) is 12.5 Å². The number of nitrogens with zero attached hydrogens (tertiary/aromatic N) is 1. The molecule has 1 aromatic rings. The molecule has 1 heterocycles. The molecule has 0 saturated heterocycles. The third-order valence-electron chi connectivity index (χ3n) is 4.33. The van der Waals surface area contributed by atoms with E-state index in [1.807, 2.05) is 0 Å². The maximum Gasteiger partial charge on any atom is 0.0399 e. The maximum atomic E-state index is 3.49. The molecule has 1 N–H and O–H groups in total. The van der Waals surface area contributed by atoms with Crippen molar-refractivity contribution in [1.29, 1.82) is 0 Å². The molecule has 0 aliphatic carbocycles. The third-order valence-corrected chi connectivity index (χ3v) is 4.33. The smallest absolute Gasteiger partial charge is 0.0399 e. The van der Waals surface area contributed by atoms with Gasteiger partial charge in [-0.3, -0.25) is 0 Å². The molecule has 2 rings (SSSR count). The van der Waals surface area contributed by atoms with Crippen LogP contribution >= 0.6 is 0 Å². The fraction of sp³-hybridized carbons (Fsp3) is 0.625. The summed E-state index contributed by atoms with van der Waals surface area (Å²) in [6.45, 7) is 6.95. The lowest BCUT2D eigenvalue weighted by Gasteiger charge is -2.36. The van der Waals surface area contributed by atoms with Crippen LogP contribution in [0.3, 0.4) is 0 Å². The quantitative estimate of drug-likeness (QED) is 0.859. The van der Waals surface area contributed by atoms with Crippen molar-refractivity contribution < 1.29 is 0 Å². The van der Waals surface area contributed by atoms with Gasteiger partial charge >= 0.3 is 0 Å². The lowest BCUT2D eigenvalue weighted by Crippen LogP contribution is -2.45. The number of hydrogen-bond acceptors (Lipinski definition) is 2. The number of hydrogen-bond donors (Lipinski definition) is 1. The Bertz CT molecular complexity index is 375. The summed E-state index contributed by atoms with van der Waals surface area (Å²) in [6.07, 6.45) is 3.76. The number of anilines is 1. The summed E-state index contributed by atoms with van der Waals surface area (Å²) in [5.41, 5.74) is 2.97. The van der Waals surface area contributed by atoms with Crippen LogP contribution in [-0.2, 0) is 6.42 Å². The van der Waals surface area contributed by atoms with Crippen LogP contribution in [-0.4, -0.2) is 26.2 Å². The Hall–Kier alpha value is -1.02. The van der Waals surface area contributed by atoms with Crippen molar-refractivity contribution in [3.05, 3.63) is 29.8 Å². The first-order chi connectivity index (χ1) is 8.76. The molecule has 2 atom stereocenters. The van der Waals surface area contributed by atoms with Crippen molar-refractivity contribution >= 4 is 5.69 Å². The molecule has 1 aromatic carbocycles. The lowest BCUT2D eigenvalue weighted by molar-refractivity contribution is 0.384. The number of nitrogens with one attached hydrogen (secondary N) is 1. The summed E-state index contributed by atoms with van der Waals surface area (Å²) in [7, 11) is 2.09. The van der Waals surface area contributed by atoms with Gasteiger partial charge in [-0.05, 0) is 37.4 Å². The molecule has 100 valence electrons. The first-order valence-corrected chi connectivity index (χ1v) is 7.26. The van der Waals surface area contributed by atoms with Gasteiger partial charge < -0.3 is 10.2 Å². The van der Waals surface area contributed by atoms with Crippen LogP contribution in [0.4, 0.5) is 5.69 Å². The summed E-state index contributed by atoms with van der Waals surface area (Å²) in [6, 6.07) is 9.46. The highest BCUT2D eigenvalue weighted by Gasteiger charge is 2.21. The van der Waals surface area contributed by atoms with Gasteiger partial charge in [0.05, 0.1) is 0 Å². The van der Waals surface area contributed by atoms with Gasteiger partial charge in [0, 0.05) is 24.8 Å². The predicted molar refractivity (Wildman–Crippen MR) is 79.3 cm³/mol. The molecule has 18 heavy (non-hydrogen) atoms. The van der Waals surface area contributed by atoms with Gasteiger partial charge in [0.25, 0.3) is 0 Å². The Morgan fingerprint density at radius 2 is 2.11 bits per heavy atom. The topological polar surface area (TPSA) is 15.3 Å². The normalized spacial score (nSPS) is 18.3. The zero-order valence-corrected chi connectivity index (χ0v) is 11.9. The Kier molecular flexibility index (Phi) is 4.65. The number of likely N-dealkylation sites (N-methyl/N-ethyl adjacent to an activating group) is 1. The Balaban J connectivity index is 2.10. The number of aryl methyl sites for hydroxylation is 1. The maximum absolute atomic E-state index is 3.49. The molecule has 1 aliphatic rings. The highest BCUT2D eigenvalue weighted by molar-refractivity contribution is 5.55. The van der Waals surface area contributed by atoms with Crippen molar-refractivity contribution in [3.63, 3.8) is 0 Å². The zero-order valence-electron chi connectivity index (χ0n) is 11.9. The molecular formula is C16H26N2. The first kappa shape index (κ1) is 13.4. The molecule has 0 saturated carbocycles. The van der Waals surface area contributed by atoms with E-state index >= 15 is 0 Å². The molecule has 0 radical (unpaired) electrons. The van der Waals surface area contributed by atoms with Crippen LogP contribution < -0.4 is 10.2 Å². The van der Waals surface area contributed by atoms with E-state index in [9.17, 15) is 0 Å². The summed E-state index contributed by atoms with van der Waals surface area (Å²) in [5, 5.41) is 3.49. The standard InChI is InChI=1S/C16H26N2/c1-4-13(2)15(17-3)12-18-11-7-9-14-8-5-6-10-16(14)18/h5-6,8,10,13,15,17H,4,7,9,11-12H2,1-3H3. The molecule has 2 unspecified atom stereocenters. The van der Waals surface area contributed by atoms with Crippen LogP contribution in [0.25, 0.3) is 0 Å². The molecule has 0 fully saturated rings. The van der Waals surface area contributed by atoms with Crippen LogP contribution in [0.1, 0.15) is 32.3 Å². The van der Waals surface area contributed by atoms with Gasteiger partial charge in [-0.25, -0.2) is 0 Å². The molecule has 0 spiro atoms. The number of rotatable bonds is 5. The zero-order chi connectivity index (χ0) is 13.0.